The van der Waals surface area contributed by atoms with Gasteiger partial charge in [0, 0.05) is 23.9 Å². The second kappa shape index (κ2) is 9.19. The minimum Gasteiger partial charge on any atom is -0.381 e. The van der Waals surface area contributed by atoms with E-state index in [4.69, 9.17) is 15.4 Å². The Morgan fingerprint density at radius 3 is 2.58 bits per heavy atom. The molecule has 19 heavy (non-hydrogen) atoms. The highest BCUT2D eigenvalue weighted by Gasteiger charge is 2.18. The summed E-state index contributed by atoms with van der Waals surface area (Å²) in [6.07, 6.45) is 8.97. The predicted molar refractivity (Wildman–Crippen MR) is 80.0 cm³/mol. The Kier molecular flexibility index (Phi) is 8.35. The van der Waals surface area contributed by atoms with Crippen molar-refractivity contribution in [3.8, 4) is 0 Å². The summed E-state index contributed by atoms with van der Waals surface area (Å²) in [5.41, 5.74) is 0. The second-order valence-corrected chi connectivity index (χ2v) is 8.77. The van der Waals surface area contributed by atoms with Crippen LogP contribution in [0.25, 0.3) is 0 Å². The molecule has 0 spiro atoms. The molecular weight excluding hydrogens is 284 g/mol. The minimum absolute atomic E-state index is 0.0926. The molecule has 0 N–H and O–H groups in total. The monoisotopic (exact) mass is 310 g/mol. The summed E-state index contributed by atoms with van der Waals surface area (Å²) in [5.74, 6) is 1.71. The molecule has 2 unspecified atom stereocenters. The van der Waals surface area contributed by atoms with Gasteiger partial charge in [0.2, 0.25) is 9.05 Å². The van der Waals surface area contributed by atoms with Gasteiger partial charge in [0.1, 0.15) is 0 Å². The lowest BCUT2D eigenvalue weighted by Crippen LogP contribution is -2.18. The quantitative estimate of drug-likeness (QED) is 0.478. The van der Waals surface area contributed by atoms with E-state index in [0.717, 1.165) is 44.3 Å². The predicted octanol–water partition coefficient (Wildman–Crippen LogP) is 3.96. The molecular formula is C14H27ClO3S. The number of unbranched alkanes of at least 4 members (excludes halogenated alkanes) is 3. The molecule has 0 bridgehead atoms. The minimum atomic E-state index is -3.30. The van der Waals surface area contributed by atoms with Crippen molar-refractivity contribution in [2.24, 2.45) is 11.8 Å². The van der Waals surface area contributed by atoms with Crippen molar-refractivity contribution < 1.29 is 13.2 Å². The molecule has 5 heteroatoms. The van der Waals surface area contributed by atoms with Crippen LogP contribution in [0.15, 0.2) is 0 Å². The van der Waals surface area contributed by atoms with Gasteiger partial charge >= 0.3 is 0 Å². The molecule has 0 amide bonds. The smallest absolute Gasteiger partial charge is 0.232 e. The molecule has 0 radical (unpaired) electrons. The van der Waals surface area contributed by atoms with E-state index in [9.17, 15) is 8.42 Å². The van der Waals surface area contributed by atoms with Crippen molar-refractivity contribution >= 4 is 19.7 Å². The van der Waals surface area contributed by atoms with E-state index in [-0.39, 0.29) is 5.75 Å². The van der Waals surface area contributed by atoms with Gasteiger partial charge in [-0.25, -0.2) is 8.42 Å². The van der Waals surface area contributed by atoms with E-state index in [2.05, 4.69) is 6.92 Å². The molecule has 1 aliphatic rings. The van der Waals surface area contributed by atoms with Crippen molar-refractivity contribution in [2.45, 2.75) is 58.3 Å². The first kappa shape index (κ1) is 17.3. The summed E-state index contributed by atoms with van der Waals surface area (Å²) in [5, 5.41) is 0. The maximum Gasteiger partial charge on any atom is 0.232 e. The van der Waals surface area contributed by atoms with Gasteiger partial charge in [-0.2, -0.15) is 0 Å². The SMILES string of the molecule is CC1CCCC(COCCCCCCS(=O)(=O)Cl)C1. The highest BCUT2D eigenvalue weighted by molar-refractivity contribution is 8.13. The normalized spacial score (nSPS) is 24.5. The maximum absolute atomic E-state index is 10.7. The van der Waals surface area contributed by atoms with Crippen LogP contribution < -0.4 is 0 Å². The molecule has 0 aromatic rings. The number of hydrogen-bond acceptors (Lipinski definition) is 3. The van der Waals surface area contributed by atoms with Gasteiger partial charge in [-0.3, -0.25) is 0 Å². The maximum atomic E-state index is 10.7. The van der Waals surface area contributed by atoms with E-state index in [0.29, 0.717) is 6.42 Å². The summed E-state index contributed by atoms with van der Waals surface area (Å²) >= 11 is 0. The zero-order chi connectivity index (χ0) is 14.1. The van der Waals surface area contributed by atoms with E-state index < -0.39 is 9.05 Å². The van der Waals surface area contributed by atoms with E-state index in [1.165, 1.54) is 25.7 Å². The Labute approximate surface area is 122 Å². The highest BCUT2D eigenvalue weighted by Crippen LogP contribution is 2.28. The molecule has 0 aromatic heterocycles. The first-order valence-corrected chi connectivity index (χ1v) is 9.95. The summed E-state index contributed by atoms with van der Waals surface area (Å²) in [6, 6.07) is 0. The zero-order valence-electron chi connectivity index (χ0n) is 11.9. The van der Waals surface area contributed by atoms with Crippen molar-refractivity contribution in [1.29, 1.82) is 0 Å². The average Bonchev–Trinajstić information content (AvgIpc) is 2.31. The van der Waals surface area contributed by atoms with Gasteiger partial charge in [0.25, 0.3) is 0 Å². The van der Waals surface area contributed by atoms with Crippen LogP contribution in [-0.2, 0) is 13.8 Å². The molecule has 1 saturated carbocycles. The van der Waals surface area contributed by atoms with Gasteiger partial charge in [0.05, 0.1) is 5.75 Å². The molecule has 1 fully saturated rings. The van der Waals surface area contributed by atoms with Crippen molar-refractivity contribution in [3.05, 3.63) is 0 Å². The number of hydrogen-bond donors (Lipinski definition) is 0. The first-order chi connectivity index (χ1) is 8.97. The zero-order valence-corrected chi connectivity index (χ0v) is 13.5. The Hall–Kier alpha value is 0.200. The van der Waals surface area contributed by atoms with Crippen LogP contribution in [0.5, 0.6) is 0 Å². The Morgan fingerprint density at radius 2 is 1.89 bits per heavy atom. The van der Waals surface area contributed by atoms with E-state index in [1.807, 2.05) is 0 Å². The summed E-state index contributed by atoms with van der Waals surface area (Å²) < 4.78 is 27.1. The molecule has 0 aromatic carbocycles. The Morgan fingerprint density at radius 1 is 1.16 bits per heavy atom. The van der Waals surface area contributed by atoms with Crippen LogP contribution in [0.2, 0.25) is 0 Å². The van der Waals surface area contributed by atoms with Crippen molar-refractivity contribution in [1.82, 2.24) is 0 Å². The fourth-order valence-corrected chi connectivity index (χ4v) is 3.67. The average molecular weight is 311 g/mol. The van der Waals surface area contributed by atoms with Gasteiger partial charge in [-0.05, 0) is 37.5 Å². The highest BCUT2D eigenvalue weighted by atomic mass is 35.7. The number of halogens is 1. The molecule has 114 valence electrons. The van der Waals surface area contributed by atoms with Crippen LogP contribution in [0, 0.1) is 11.8 Å². The van der Waals surface area contributed by atoms with E-state index in [1.54, 1.807) is 0 Å². The molecule has 1 rings (SSSR count). The lowest BCUT2D eigenvalue weighted by Gasteiger charge is -2.26. The Bertz CT molecular complexity index is 330. The molecule has 0 heterocycles. The molecule has 0 saturated heterocycles. The summed E-state index contributed by atoms with van der Waals surface area (Å²) in [7, 11) is 1.84. The van der Waals surface area contributed by atoms with E-state index >= 15 is 0 Å². The fourth-order valence-electron chi connectivity index (χ4n) is 2.79. The summed E-state index contributed by atoms with van der Waals surface area (Å²) in [4.78, 5) is 0. The van der Waals surface area contributed by atoms with Crippen LogP contribution in [0.3, 0.4) is 0 Å². The second-order valence-electron chi connectivity index (χ2n) is 5.87. The van der Waals surface area contributed by atoms with Crippen LogP contribution in [0.4, 0.5) is 0 Å². The third-order valence-electron chi connectivity index (χ3n) is 3.83. The van der Waals surface area contributed by atoms with Gasteiger partial charge < -0.3 is 4.74 Å². The third-order valence-corrected chi connectivity index (χ3v) is 5.06. The number of ether oxygens (including phenoxy) is 1. The van der Waals surface area contributed by atoms with Crippen molar-refractivity contribution in [2.75, 3.05) is 19.0 Å². The largest absolute Gasteiger partial charge is 0.381 e. The molecule has 2 atom stereocenters. The Balaban J connectivity index is 1.88. The molecule has 0 aliphatic heterocycles. The van der Waals surface area contributed by atoms with Crippen LogP contribution in [0.1, 0.15) is 58.3 Å². The topological polar surface area (TPSA) is 43.4 Å². The lowest BCUT2D eigenvalue weighted by atomic mass is 9.83. The molecule has 1 aliphatic carbocycles. The van der Waals surface area contributed by atoms with Crippen LogP contribution in [-0.4, -0.2) is 27.4 Å². The lowest BCUT2D eigenvalue weighted by molar-refractivity contribution is 0.0739. The van der Waals surface area contributed by atoms with Gasteiger partial charge in [-0.1, -0.05) is 32.6 Å². The third kappa shape index (κ3) is 9.69. The van der Waals surface area contributed by atoms with Crippen LogP contribution >= 0.6 is 10.7 Å². The number of rotatable bonds is 9. The summed E-state index contributed by atoms with van der Waals surface area (Å²) in [6.45, 7) is 4.04. The molecule has 3 nitrogen and oxygen atoms in total. The van der Waals surface area contributed by atoms with Gasteiger partial charge in [-0.15, -0.1) is 0 Å². The van der Waals surface area contributed by atoms with Gasteiger partial charge in [0.15, 0.2) is 0 Å². The fraction of sp³-hybridized carbons (Fsp3) is 1.00. The first-order valence-electron chi connectivity index (χ1n) is 7.47. The van der Waals surface area contributed by atoms with Crippen molar-refractivity contribution in [3.63, 3.8) is 0 Å². The standard InChI is InChI=1S/C14H27ClO3S/c1-13-7-6-8-14(11-13)12-18-9-4-2-3-5-10-19(15,16)17/h13-14H,2-12H2,1H3.